The molecule has 16 heavy (non-hydrogen) atoms. The Labute approximate surface area is 104 Å². The lowest BCUT2D eigenvalue weighted by Crippen LogP contribution is -2.01. The van der Waals surface area contributed by atoms with Crippen LogP contribution in [0, 0.1) is 6.92 Å². The first-order valence-electron chi connectivity index (χ1n) is 4.99. The van der Waals surface area contributed by atoms with Crippen LogP contribution in [0.2, 0.25) is 5.02 Å². The third-order valence-corrected chi connectivity index (χ3v) is 3.58. The standard InChI is InChI=1S/C12H12ClNOS/c1-8-7-16-12(14-8)11(15)6-9-2-4-10(13)5-3-9/h2-5,7,11,15H,6H2,1H3. The van der Waals surface area contributed by atoms with Crippen molar-refractivity contribution in [2.75, 3.05) is 0 Å². The van der Waals surface area contributed by atoms with Crippen LogP contribution in [-0.2, 0) is 6.42 Å². The fourth-order valence-electron chi connectivity index (χ4n) is 1.46. The average Bonchev–Trinajstić information content (AvgIpc) is 2.68. The SMILES string of the molecule is Cc1csc(C(O)Cc2ccc(Cl)cc2)n1. The van der Waals surface area contributed by atoms with Crippen LogP contribution < -0.4 is 0 Å². The number of aromatic nitrogens is 1. The summed E-state index contributed by atoms with van der Waals surface area (Å²) in [7, 11) is 0. The van der Waals surface area contributed by atoms with E-state index in [4.69, 9.17) is 11.6 Å². The number of aliphatic hydroxyl groups is 1. The van der Waals surface area contributed by atoms with Crippen molar-refractivity contribution in [3.8, 4) is 0 Å². The number of halogens is 1. The van der Waals surface area contributed by atoms with E-state index in [1.54, 1.807) is 0 Å². The molecule has 0 aliphatic rings. The quantitative estimate of drug-likeness (QED) is 0.910. The summed E-state index contributed by atoms with van der Waals surface area (Å²) in [5.41, 5.74) is 2.01. The van der Waals surface area contributed by atoms with Gasteiger partial charge in [-0.05, 0) is 24.6 Å². The van der Waals surface area contributed by atoms with E-state index in [1.165, 1.54) is 11.3 Å². The predicted octanol–water partition coefficient (Wildman–Crippen LogP) is 3.38. The summed E-state index contributed by atoms with van der Waals surface area (Å²) in [6.45, 7) is 1.93. The van der Waals surface area contributed by atoms with E-state index in [9.17, 15) is 5.11 Å². The van der Waals surface area contributed by atoms with Crippen molar-refractivity contribution >= 4 is 22.9 Å². The van der Waals surface area contributed by atoms with E-state index in [1.807, 2.05) is 36.6 Å². The van der Waals surface area contributed by atoms with Crippen molar-refractivity contribution in [3.63, 3.8) is 0 Å². The maximum atomic E-state index is 9.97. The molecular formula is C12H12ClNOS. The lowest BCUT2D eigenvalue weighted by atomic mass is 10.1. The lowest BCUT2D eigenvalue weighted by molar-refractivity contribution is 0.178. The molecule has 2 rings (SSSR count). The summed E-state index contributed by atoms with van der Waals surface area (Å²) in [5.74, 6) is 0. The first-order valence-corrected chi connectivity index (χ1v) is 6.25. The van der Waals surface area contributed by atoms with Crippen LogP contribution in [0.1, 0.15) is 22.4 Å². The first-order chi connectivity index (χ1) is 7.65. The first kappa shape index (κ1) is 11.6. The molecule has 2 nitrogen and oxygen atoms in total. The fourth-order valence-corrected chi connectivity index (χ4v) is 2.36. The number of aliphatic hydroxyl groups excluding tert-OH is 1. The maximum Gasteiger partial charge on any atom is 0.122 e. The smallest absolute Gasteiger partial charge is 0.122 e. The fraction of sp³-hybridized carbons (Fsp3) is 0.250. The molecular weight excluding hydrogens is 242 g/mol. The molecule has 84 valence electrons. The number of hydrogen-bond donors (Lipinski definition) is 1. The van der Waals surface area contributed by atoms with Gasteiger partial charge in [-0.15, -0.1) is 11.3 Å². The summed E-state index contributed by atoms with van der Waals surface area (Å²) < 4.78 is 0. The van der Waals surface area contributed by atoms with Crippen molar-refractivity contribution in [2.24, 2.45) is 0 Å². The second kappa shape index (κ2) is 4.95. The molecule has 0 saturated carbocycles. The molecule has 1 heterocycles. The molecule has 1 unspecified atom stereocenters. The molecule has 1 N–H and O–H groups in total. The zero-order valence-electron chi connectivity index (χ0n) is 8.85. The molecule has 0 fully saturated rings. The molecule has 1 aromatic heterocycles. The Kier molecular flexibility index (Phi) is 3.59. The minimum Gasteiger partial charge on any atom is -0.386 e. The minimum absolute atomic E-state index is 0.528. The number of rotatable bonds is 3. The third kappa shape index (κ3) is 2.82. The van der Waals surface area contributed by atoms with Crippen molar-refractivity contribution < 1.29 is 5.11 Å². The van der Waals surface area contributed by atoms with Gasteiger partial charge in [-0.2, -0.15) is 0 Å². The highest BCUT2D eigenvalue weighted by Crippen LogP contribution is 2.22. The van der Waals surface area contributed by atoms with E-state index >= 15 is 0 Å². The van der Waals surface area contributed by atoms with Gasteiger partial charge in [0, 0.05) is 22.5 Å². The van der Waals surface area contributed by atoms with Gasteiger partial charge in [0.2, 0.25) is 0 Å². The monoisotopic (exact) mass is 253 g/mol. The van der Waals surface area contributed by atoms with E-state index < -0.39 is 6.10 Å². The molecule has 0 radical (unpaired) electrons. The molecule has 0 amide bonds. The Morgan fingerprint density at radius 3 is 2.62 bits per heavy atom. The second-order valence-electron chi connectivity index (χ2n) is 3.67. The van der Waals surface area contributed by atoms with Gasteiger partial charge >= 0.3 is 0 Å². The summed E-state index contributed by atoms with van der Waals surface area (Å²) in [6, 6.07) is 7.51. The van der Waals surface area contributed by atoms with Gasteiger partial charge in [-0.1, -0.05) is 23.7 Å². The van der Waals surface area contributed by atoms with E-state index in [2.05, 4.69) is 4.98 Å². The summed E-state index contributed by atoms with van der Waals surface area (Å²) in [5, 5.41) is 13.4. The molecule has 0 bridgehead atoms. The third-order valence-electron chi connectivity index (χ3n) is 2.26. The van der Waals surface area contributed by atoms with Crippen molar-refractivity contribution in [1.82, 2.24) is 4.98 Å². The van der Waals surface area contributed by atoms with Crippen molar-refractivity contribution in [2.45, 2.75) is 19.4 Å². The largest absolute Gasteiger partial charge is 0.386 e. The van der Waals surface area contributed by atoms with E-state index in [0.29, 0.717) is 11.4 Å². The molecule has 2 aromatic rings. The Bertz CT molecular complexity index is 466. The number of hydrogen-bond acceptors (Lipinski definition) is 3. The molecule has 0 spiro atoms. The zero-order valence-corrected chi connectivity index (χ0v) is 10.4. The Morgan fingerprint density at radius 1 is 1.38 bits per heavy atom. The average molecular weight is 254 g/mol. The van der Waals surface area contributed by atoms with E-state index in [0.717, 1.165) is 16.3 Å². The minimum atomic E-state index is -0.528. The Morgan fingerprint density at radius 2 is 2.06 bits per heavy atom. The highest BCUT2D eigenvalue weighted by atomic mass is 35.5. The molecule has 4 heteroatoms. The number of thiazole rings is 1. The molecule has 0 aliphatic carbocycles. The predicted molar refractivity (Wildman–Crippen MR) is 67.0 cm³/mol. The van der Waals surface area contributed by atoms with Crippen molar-refractivity contribution in [1.29, 1.82) is 0 Å². The van der Waals surface area contributed by atoms with Crippen LogP contribution in [0.25, 0.3) is 0 Å². The zero-order chi connectivity index (χ0) is 11.5. The van der Waals surface area contributed by atoms with Gasteiger partial charge in [-0.25, -0.2) is 4.98 Å². The number of benzene rings is 1. The van der Waals surface area contributed by atoms with Gasteiger partial charge in [0.15, 0.2) is 0 Å². The van der Waals surface area contributed by atoms with Crippen LogP contribution in [0.5, 0.6) is 0 Å². The van der Waals surface area contributed by atoms with Gasteiger partial charge < -0.3 is 5.11 Å². The number of aryl methyl sites for hydroxylation is 1. The van der Waals surface area contributed by atoms with Crippen LogP contribution >= 0.6 is 22.9 Å². The summed E-state index contributed by atoms with van der Waals surface area (Å²) in [4.78, 5) is 4.27. The topological polar surface area (TPSA) is 33.1 Å². The van der Waals surface area contributed by atoms with Crippen molar-refractivity contribution in [3.05, 3.63) is 50.9 Å². The van der Waals surface area contributed by atoms with Crippen LogP contribution in [0.15, 0.2) is 29.6 Å². The summed E-state index contributed by atoms with van der Waals surface area (Å²) >= 11 is 7.29. The Balaban J connectivity index is 2.07. The van der Waals surface area contributed by atoms with Gasteiger partial charge in [0.05, 0.1) is 0 Å². The maximum absolute atomic E-state index is 9.97. The van der Waals surface area contributed by atoms with Gasteiger partial charge in [0.1, 0.15) is 11.1 Å². The summed E-state index contributed by atoms with van der Waals surface area (Å²) in [6.07, 6.45) is 0.0456. The molecule has 1 aromatic carbocycles. The van der Waals surface area contributed by atoms with Crippen LogP contribution in [0.4, 0.5) is 0 Å². The molecule has 0 aliphatic heterocycles. The Hall–Kier alpha value is -0.900. The van der Waals surface area contributed by atoms with Crippen LogP contribution in [0.3, 0.4) is 0 Å². The number of nitrogens with zero attached hydrogens (tertiary/aromatic N) is 1. The molecule has 1 atom stereocenters. The lowest BCUT2D eigenvalue weighted by Gasteiger charge is -2.07. The highest BCUT2D eigenvalue weighted by molar-refractivity contribution is 7.09. The molecule has 0 saturated heterocycles. The highest BCUT2D eigenvalue weighted by Gasteiger charge is 2.11. The second-order valence-corrected chi connectivity index (χ2v) is 5.00. The van der Waals surface area contributed by atoms with Gasteiger partial charge in [-0.3, -0.25) is 0 Å². The normalized spacial score (nSPS) is 12.7. The van der Waals surface area contributed by atoms with E-state index in [-0.39, 0.29) is 0 Å². The van der Waals surface area contributed by atoms with Crippen LogP contribution in [-0.4, -0.2) is 10.1 Å². The van der Waals surface area contributed by atoms with Gasteiger partial charge in [0.25, 0.3) is 0 Å².